The van der Waals surface area contributed by atoms with Gasteiger partial charge in [-0.1, -0.05) is 37.8 Å². The van der Waals surface area contributed by atoms with E-state index in [1.807, 2.05) is 62.0 Å². The predicted octanol–water partition coefficient (Wildman–Crippen LogP) is 5.62. The molecule has 1 aromatic heterocycles. The molecule has 33 heavy (non-hydrogen) atoms. The lowest BCUT2D eigenvalue weighted by atomic mass is 10.00. The minimum atomic E-state index is -1.12. The van der Waals surface area contributed by atoms with Crippen molar-refractivity contribution in [3.8, 4) is 11.1 Å². The molecule has 0 saturated carbocycles. The lowest BCUT2D eigenvalue weighted by Crippen LogP contribution is -2.32. The van der Waals surface area contributed by atoms with Crippen LogP contribution in [0, 0.1) is 0 Å². The summed E-state index contributed by atoms with van der Waals surface area (Å²) in [5.74, 6) is 0. The molecule has 0 aliphatic rings. The van der Waals surface area contributed by atoms with Crippen molar-refractivity contribution in [3.05, 3.63) is 48.2 Å². The molecule has 0 aliphatic carbocycles. The number of amides is 1. The molecule has 0 saturated heterocycles. The van der Waals surface area contributed by atoms with E-state index in [0.717, 1.165) is 40.2 Å². The van der Waals surface area contributed by atoms with Crippen LogP contribution in [-0.4, -0.2) is 36.2 Å². The standard InChI is InChI=1S/C25H36N4O3Si/c1-25(2,3)32-24(30)27-15-18-8-7-9-19(12-18)21-13-20-16-28-29(23(20)14-22(21)26)17-31-10-11-33(4,5)6/h7-9,12-14,16H,10-11,15,17,26H2,1-6H3,(H,27,30). The Hall–Kier alpha value is -2.84. The van der Waals surface area contributed by atoms with Crippen molar-refractivity contribution in [1.82, 2.24) is 15.1 Å². The maximum absolute atomic E-state index is 12.0. The maximum atomic E-state index is 12.0. The number of nitrogens with two attached hydrogens (primary N) is 1. The van der Waals surface area contributed by atoms with Crippen molar-refractivity contribution in [2.45, 2.75) is 65.3 Å². The van der Waals surface area contributed by atoms with Crippen molar-refractivity contribution >= 4 is 30.8 Å². The molecule has 1 heterocycles. The number of anilines is 1. The summed E-state index contributed by atoms with van der Waals surface area (Å²) in [6, 6.07) is 13.1. The van der Waals surface area contributed by atoms with Gasteiger partial charge in [-0.05, 0) is 56.1 Å². The number of nitrogens with one attached hydrogen (secondary N) is 1. The molecule has 1 amide bonds. The smallest absolute Gasteiger partial charge is 0.407 e. The summed E-state index contributed by atoms with van der Waals surface area (Å²) in [6.45, 7) is 14.1. The lowest BCUT2D eigenvalue weighted by molar-refractivity contribution is 0.0523. The largest absolute Gasteiger partial charge is 0.444 e. The van der Waals surface area contributed by atoms with Gasteiger partial charge in [-0.3, -0.25) is 0 Å². The summed E-state index contributed by atoms with van der Waals surface area (Å²) < 4.78 is 13.0. The van der Waals surface area contributed by atoms with Gasteiger partial charge in [-0.25, -0.2) is 9.48 Å². The van der Waals surface area contributed by atoms with Crippen LogP contribution in [0.25, 0.3) is 22.0 Å². The van der Waals surface area contributed by atoms with Crippen molar-refractivity contribution in [3.63, 3.8) is 0 Å². The first kappa shape index (κ1) is 24.8. The number of alkyl carbamates (subject to hydrolysis) is 1. The zero-order chi connectivity index (χ0) is 24.2. The Balaban J connectivity index is 1.72. The van der Waals surface area contributed by atoms with Crippen molar-refractivity contribution < 1.29 is 14.3 Å². The van der Waals surface area contributed by atoms with E-state index in [4.69, 9.17) is 15.2 Å². The molecule has 0 atom stereocenters. The van der Waals surface area contributed by atoms with Crippen LogP contribution in [0.5, 0.6) is 0 Å². The predicted molar refractivity (Wildman–Crippen MR) is 137 cm³/mol. The Morgan fingerprint density at radius 2 is 1.94 bits per heavy atom. The molecule has 0 aliphatic heterocycles. The highest BCUT2D eigenvalue weighted by Gasteiger charge is 2.16. The molecule has 3 aromatic rings. The van der Waals surface area contributed by atoms with E-state index < -0.39 is 19.8 Å². The van der Waals surface area contributed by atoms with Gasteiger partial charge in [-0.2, -0.15) is 5.10 Å². The number of nitrogens with zero attached hydrogens (tertiary/aromatic N) is 2. The minimum Gasteiger partial charge on any atom is -0.444 e. The van der Waals surface area contributed by atoms with Gasteiger partial charge in [0.25, 0.3) is 0 Å². The van der Waals surface area contributed by atoms with E-state index in [9.17, 15) is 4.79 Å². The molecule has 8 heteroatoms. The van der Waals surface area contributed by atoms with Gasteiger partial charge < -0.3 is 20.5 Å². The third kappa shape index (κ3) is 7.33. The number of carbonyl (C=O) groups is 1. The van der Waals surface area contributed by atoms with Crippen LogP contribution < -0.4 is 11.1 Å². The topological polar surface area (TPSA) is 91.4 Å². The van der Waals surface area contributed by atoms with Gasteiger partial charge in [0, 0.05) is 37.9 Å². The number of benzene rings is 2. The number of carbonyl (C=O) groups excluding carboxylic acids is 1. The van der Waals surface area contributed by atoms with Gasteiger partial charge in [-0.15, -0.1) is 0 Å². The van der Waals surface area contributed by atoms with Crippen LogP contribution in [0.4, 0.5) is 10.5 Å². The van der Waals surface area contributed by atoms with Crippen LogP contribution >= 0.6 is 0 Å². The number of aromatic nitrogens is 2. The molecule has 0 fully saturated rings. The fraction of sp³-hybridized carbons (Fsp3) is 0.440. The van der Waals surface area contributed by atoms with E-state index >= 15 is 0 Å². The maximum Gasteiger partial charge on any atom is 0.407 e. The summed E-state index contributed by atoms with van der Waals surface area (Å²) in [7, 11) is -1.12. The highest BCUT2D eigenvalue weighted by molar-refractivity contribution is 6.76. The van der Waals surface area contributed by atoms with Gasteiger partial charge in [0.1, 0.15) is 12.3 Å². The van der Waals surface area contributed by atoms with E-state index in [2.05, 4.69) is 36.1 Å². The van der Waals surface area contributed by atoms with E-state index in [1.165, 1.54) is 0 Å². The lowest BCUT2D eigenvalue weighted by Gasteiger charge is -2.19. The van der Waals surface area contributed by atoms with Crippen molar-refractivity contribution in [2.24, 2.45) is 0 Å². The molecule has 3 N–H and O–H groups in total. The highest BCUT2D eigenvalue weighted by atomic mass is 28.3. The van der Waals surface area contributed by atoms with E-state index in [1.54, 1.807) is 0 Å². The number of hydrogen-bond acceptors (Lipinski definition) is 5. The minimum absolute atomic E-state index is 0.373. The number of fused-ring (bicyclic) bond motifs is 1. The Kier molecular flexibility index (Phi) is 7.49. The highest BCUT2D eigenvalue weighted by Crippen LogP contribution is 2.31. The molecule has 3 rings (SSSR count). The fourth-order valence-electron chi connectivity index (χ4n) is 3.36. The van der Waals surface area contributed by atoms with Gasteiger partial charge in [0.2, 0.25) is 0 Å². The zero-order valence-electron chi connectivity index (χ0n) is 20.6. The molecule has 178 valence electrons. The monoisotopic (exact) mass is 468 g/mol. The van der Waals surface area contributed by atoms with Gasteiger partial charge in [0.05, 0.1) is 11.7 Å². The van der Waals surface area contributed by atoms with Crippen LogP contribution in [0.2, 0.25) is 25.7 Å². The molecular formula is C25H36N4O3Si. The number of hydrogen-bond donors (Lipinski definition) is 2. The average Bonchev–Trinajstić information content (AvgIpc) is 3.09. The normalized spacial score (nSPS) is 12.2. The van der Waals surface area contributed by atoms with Gasteiger partial charge in [0.15, 0.2) is 0 Å². The fourth-order valence-corrected chi connectivity index (χ4v) is 4.12. The number of nitrogen functional groups attached to an aromatic ring is 1. The first-order chi connectivity index (χ1) is 15.4. The van der Waals surface area contributed by atoms with Crippen LogP contribution in [0.1, 0.15) is 26.3 Å². The molecule has 0 bridgehead atoms. The first-order valence-electron chi connectivity index (χ1n) is 11.3. The molecular weight excluding hydrogens is 432 g/mol. The number of ether oxygens (including phenoxy) is 2. The molecule has 2 aromatic carbocycles. The number of rotatable bonds is 8. The summed E-state index contributed by atoms with van der Waals surface area (Å²) in [4.78, 5) is 12.0. The summed E-state index contributed by atoms with van der Waals surface area (Å²) in [5, 5.41) is 8.29. The Labute approximate surface area is 197 Å². The van der Waals surface area contributed by atoms with Crippen LogP contribution in [0.3, 0.4) is 0 Å². The third-order valence-electron chi connectivity index (χ3n) is 5.10. The second kappa shape index (κ2) is 9.97. The van der Waals surface area contributed by atoms with E-state index in [0.29, 0.717) is 19.0 Å². The first-order valence-corrected chi connectivity index (χ1v) is 15.0. The quantitative estimate of drug-likeness (QED) is 0.254. The summed E-state index contributed by atoms with van der Waals surface area (Å²) in [5.41, 5.74) is 10.4. The third-order valence-corrected chi connectivity index (χ3v) is 6.80. The molecule has 0 spiro atoms. The van der Waals surface area contributed by atoms with Gasteiger partial charge >= 0.3 is 6.09 Å². The Morgan fingerprint density at radius 1 is 1.18 bits per heavy atom. The van der Waals surface area contributed by atoms with Crippen molar-refractivity contribution in [2.75, 3.05) is 12.3 Å². The summed E-state index contributed by atoms with van der Waals surface area (Å²) in [6.07, 6.45) is 1.40. The Morgan fingerprint density at radius 3 is 2.64 bits per heavy atom. The zero-order valence-corrected chi connectivity index (χ0v) is 21.6. The Bertz CT molecular complexity index is 1110. The second-order valence-electron chi connectivity index (χ2n) is 10.5. The molecule has 0 radical (unpaired) electrons. The average molecular weight is 469 g/mol. The second-order valence-corrected chi connectivity index (χ2v) is 16.2. The van der Waals surface area contributed by atoms with E-state index in [-0.39, 0.29) is 0 Å². The van der Waals surface area contributed by atoms with Crippen molar-refractivity contribution in [1.29, 1.82) is 0 Å². The molecule has 7 nitrogen and oxygen atoms in total. The molecule has 0 unspecified atom stereocenters. The SMILES string of the molecule is CC(C)(C)OC(=O)NCc1cccc(-c2cc3cnn(COCC[Si](C)(C)C)c3cc2N)c1. The van der Waals surface area contributed by atoms with Crippen LogP contribution in [0.15, 0.2) is 42.6 Å². The summed E-state index contributed by atoms with van der Waals surface area (Å²) >= 11 is 0. The van der Waals surface area contributed by atoms with Crippen LogP contribution in [-0.2, 0) is 22.7 Å².